The molecule has 1 heterocycles. The molecule has 1 aromatic carbocycles. The van der Waals surface area contributed by atoms with E-state index in [9.17, 15) is 0 Å². The molecule has 0 bridgehead atoms. The summed E-state index contributed by atoms with van der Waals surface area (Å²) >= 11 is 0. The van der Waals surface area contributed by atoms with Gasteiger partial charge in [-0.05, 0) is 31.5 Å². The van der Waals surface area contributed by atoms with Crippen LogP contribution in [0.15, 0.2) is 30.5 Å². The molecule has 0 spiro atoms. The van der Waals surface area contributed by atoms with Crippen LogP contribution in [0.5, 0.6) is 0 Å². The monoisotopic (exact) mass is 246 g/mol. The average Bonchev–Trinajstić information content (AvgIpc) is 2.76. The van der Waals surface area contributed by atoms with Crippen LogP contribution in [0.1, 0.15) is 25.8 Å². The number of fused-ring (bicyclic) bond motifs is 1. The molecule has 0 fully saturated rings. The highest BCUT2D eigenvalue weighted by atomic mass is 16.5. The van der Waals surface area contributed by atoms with Crippen LogP contribution in [0.2, 0.25) is 0 Å². The van der Waals surface area contributed by atoms with Gasteiger partial charge >= 0.3 is 0 Å². The SMILES string of the molecule is CCCNCc1cn(COCC)c2ccccc12. The minimum absolute atomic E-state index is 0.630. The van der Waals surface area contributed by atoms with Gasteiger partial charge in [-0.1, -0.05) is 25.1 Å². The van der Waals surface area contributed by atoms with Crippen LogP contribution in [-0.2, 0) is 18.0 Å². The van der Waals surface area contributed by atoms with E-state index in [1.54, 1.807) is 0 Å². The van der Waals surface area contributed by atoms with E-state index in [2.05, 4.69) is 47.3 Å². The number of benzene rings is 1. The number of aromatic nitrogens is 1. The van der Waals surface area contributed by atoms with Crippen molar-refractivity contribution >= 4 is 10.9 Å². The standard InChI is InChI=1S/C15H22N2O/c1-3-9-16-10-13-11-17(12-18-4-2)15-8-6-5-7-14(13)15/h5-8,11,16H,3-4,9-10,12H2,1-2H3. The molecular weight excluding hydrogens is 224 g/mol. The third kappa shape index (κ3) is 2.92. The van der Waals surface area contributed by atoms with Crippen molar-refractivity contribution in [1.29, 1.82) is 0 Å². The molecule has 0 aliphatic rings. The lowest BCUT2D eigenvalue weighted by molar-refractivity contribution is 0.0908. The molecule has 0 aliphatic heterocycles. The minimum Gasteiger partial charge on any atom is -0.361 e. The maximum absolute atomic E-state index is 5.51. The summed E-state index contributed by atoms with van der Waals surface area (Å²) in [5.74, 6) is 0. The fourth-order valence-electron chi connectivity index (χ4n) is 2.16. The van der Waals surface area contributed by atoms with Gasteiger partial charge in [0.2, 0.25) is 0 Å². The van der Waals surface area contributed by atoms with Gasteiger partial charge in [-0.3, -0.25) is 0 Å². The number of hydrogen-bond acceptors (Lipinski definition) is 2. The molecule has 0 saturated heterocycles. The lowest BCUT2D eigenvalue weighted by Gasteiger charge is -2.04. The van der Waals surface area contributed by atoms with Crippen molar-refractivity contribution in [2.75, 3.05) is 13.2 Å². The van der Waals surface area contributed by atoms with Gasteiger partial charge in [0.15, 0.2) is 0 Å². The zero-order valence-corrected chi connectivity index (χ0v) is 11.3. The molecule has 0 atom stereocenters. The first-order valence-electron chi connectivity index (χ1n) is 6.72. The van der Waals surface area contributed by atoms with Gasteiger partial charge in [0.25, 0.3) is 0 Å². The Balaban J connectivity index is 2.23. The largest absolute Gasteiger partial charge is 0.361 e. The van der Waals surface area contributed by atoms with E-state index in [-0.39, 0.29) is 0 Å². The highest BCUT2D eigenvalue weighted by Crippen LogP contribution is 2.21. The van der Waals surface area contributed by atoms with Crippen LogP contribution in [-0.4, -0.2) is 17.7 Å². The van der Waals surface area contributed by atoms with Crippen LogP contribution in [0, 0.1) is 0 Å². The Morgan fingerprint density at radius 3 is 2.83 bits per heavy atom. The van der Waals surface area contributed by atoms with Gasteiger partial charge < -0.3 is 14.6 Å². The van der Waals surface area contributed by atoms with E-state index in [4.69, 9.17) is 4.74 Å². The van der Waals surface area contributed by atoms with Crippen molar-refractivity contribution in [2.45, 2.75) is 33.5 Å². The average molecular weight is 246 g/mol. The normalized spacial score (nSPS) is 11.2. The fraction of sp³-hybridized carbons (Fsp3) is 0.467. The van der Waals surface area contributed by atoms with Crippen LogP contribution in [0.25, 0.3) is 10.9 Å². The van der Waals surface area contributed by atoms with Gasteiger partial charge in [-0.2, -0.15) is 0 Å². The molecule has 98 valence electrons. The zero-order chi connectivity index (χ0) is 12.8. The van der Waals surface area contributed by atoms with E-state index in [1.165, 1.54) is 16.5 Å². The van der Waals surface area contributed by atoms with Crippen molar-refractivity contribution in [3.05, 3.63) is 36.0 Å². The summed E-state index contributed by atoms with van der Waals surface area (Å²) in [5.41, 5.74) is 2.60. The Morgan fingerprint density at radius 2 is 2.06 bits per heavy atom. The van der Waals surface area contributed by atoms with E-state index >= 15 is 0 Å². The van der Waals surface area contributed by atoms with Crippen molar-refractivity contribution in [3.63, 3.8) is 0 Å². The first-order chi connectivity index (χ1) is 8.86. The Morgan fingerprint density at radius 1 is 1.22 bits per heavy atom. The van der Waals surface area contributed by atoms with Crippen LogP contribution < -0.4 is 5.32 Å². The first-order valence-corrected chi connectivity index (χ1v) is 6.72. The molecular formula is C15H22N2O. The van der Waals surface area contributed by atoms with Crippen molar-refractivity contribution in [2.24, 2.45) is 0 Å². The summed E-state index contributed by atoms with van der Waals surface area (Å²) in [6, 6.07) is 8.50. The first kappa shape index (κ1) is 13.1. The third-order valence-corrected chi connectivity index (χ3v) is 3.05. The second-order valence-corrected chi connectivity index (χ2v) is 4.44. The van der Waals surface area contributed by atoms with E-state index in [0.717, 1.165) is 26.1 Å². The number of ether oxygens (including phenoxy) is 1. The molecule has 2 rings (SSSR count). The Bertz CT molecular complexity index is 490. The van der Waals surface area contributed by atoms with Crippen molar-refractivity contribution < 1.29 is 4.74 Å². The second-order valence-electron chi connectivity index (χ2n) is 4.44. The quantitative estimate of drug-likeness (QED) is 0.760. The lowest BCUT2D eigenvalue weighted by atomic mass is 10.2. The number of nitrogens with zero attached hydrogens (tertiary/aromatic N) is 1. The number of hydrogen-bond donors (Lipinski definition) is 1. The molecule has 18 heavy (non-hydrogen) atoms. The topological polar surface area (TPSA) is 26.2 Å². The molecule has 0 aliphatic carbocycles. The third-order valence-electron chi connectivity index (χ3n) is 3.05. The fourth-order valence-corrected chi connectivity index (χ4v) is 2.16. The van der Waals surface area contributed by atoms with Gasteiger partial charge in [-0.25, -0.2) is 0 Å². The predicted octanol–water partition coefficient (Wildman–Crippen LogP) is 3.13. The second kappa shape index (κ2) is 6.57. The lowest BCUT2D eigenvalue weighted by Crippen LogP contribution is -2.13. The Kier molecular flexibility index (Phi) is 4.79. The van der Waals surface area contributed by atoms with Gasteiger partial charge in [0.1, 0.15) is 6.73 Å². The van der Waals surface area contributed by atoms with E-state index in [1.807, 2.05) is 6.92 Å². The summed E-state index contributed by atoms with van der Waals surface area (Å²) in [6.07, 6.45) is 3.36. The number of rotatable bonds is 7. The van der Waals surface area contributed by atoms with Crippen molar-refractivity contribution in [3.8, 4) is 0 Å². The molecule has 1 N–H and O–H groups in total. The maximum atomic E-state index is 5.51. The van der Waals surface area contributed by atoms with Gasteiger partial charge in [-0.15, -0.1) is 0 Å². The summed E-state index contributed by atoms with van der Waals surface area (Å²) in [7, 11) is 0. The van der Waals surface area contributed by atoms with Crippen molar-refractivity contribution in [1.82, 2.24) is 9.88 Å². The number of nitrogens with one attached hydrogen (secondary N) is 1. The smallest absolute Gasteiger partial charge is 0.122 e. The molecule has 2 aromatic rings. The summed E-state index contributed by atoms with van der Waals surface area (Å²) in [4.78, 5) is 0. The molecule has 3 heteroatoms. The Hall–Kier alpha value is -1.32. The van der Waals surface area contributed by atoms with E-state index < -0.39 is 0 Å². The summed E-state index contributed by atoms with van der Waals surface area (Å²) < 4.78 is 7.69. The maximum Gasteiger partial charge on any atom is 0.122 e. The van der Waals surface area contributed by atoms with Crippen LogP contribution in [0.4, 0.5) is 0 Å². The molecule has 0 radical (unpaired) electrons. The van der Waals surface area contributed by atoms with Gasteiger partial charge in [0, 0.05) is 24.7 Å². The van der Waals surface area contributed by atoms with Crippen LogP contribution in [0.3, 0.4) is 0 Å². The Labute approximate surface area is 109 Å². The predicted molar refractivity (Wildman–Crippen MR) is 75.6 cm³/mol. The molecule has 0 unspecified atom stereocenters. The number of para-hydroxylation sites is 1. The highest BCUT2D eigenvalue weighted by molar-refractivity contribution is 5.83. The van der Waals surface area contributed by atoms with Crippen LogP contribution >= 0.6 is 0 Å². The molecule has 0 saturated carbocycles. The zero-order valence-electron chi connectivity index (χ0n) is 11.3. The molecule has 3 nitrogen and oxygen atoms in total. The van der Waals surface area contributed by atoms with Gasteiger partial charge in [0.05, 0.1) is 5.52 Å². The molecule has 1 aromatic heterocycles. The summed E-state index contributed by atoms with van der Waals surface area (Å²) in [5, 5.41) is 4.78. The molecule has 0 amide bonds. The van der Waals surface area contributed by atoms with E-state index in [0.29, 0.717) is 6.73 Å². The minimum atomic E-state index is 0.630. The highest BCUT2D eigenvalue weighted by Gasteiger charge is 2.07. The summed E-state index contributed by atoms with van der Waals surface area (Å²) in [6.45, 7) is 7.57.